The molecule has 2 heterocycles. The van der Waals surface area contributed by atoms with Gasteiger partial charge in [-0.2, -0.15) is 0 Å². The first-order valence-electron chi connectivity index (χ1n) is 21.9. The van der Waals surface area contributed by atoms with Gasteiger partial charge in [0.2, 0.25) is 5.91 Å². The number of rotatable bonds is 15. The monoisotopic (exact) mass is 1090 g/mol. The van der Waals surface area contributed by atoms with Gasteiger partial charge >= 0.3 is 19.5 Å². The van der Waals surface area contributed by atoms with E-state index in [1.54, 1.807) is 34.9 Å². The second kappa shape index (κ2) is 29.1. The molecule has 0 radical (unpaired) electrons. The molecule has 23 heteroatoms. The third kappa shape index (κ3) is 17.4. The number of hydrogen-bond acceptors (Lipinski definition) is 11. The van der Waals surface area contributed by atoms with Gasteiger partial charge in [0.25, 0.3) is 17.7 Å². The summed E-state index contributed by atoms with van der Waals surface area (Å²) in [5.74, 6) is -2.17. The summed E-state index contributed by atoms with van der Waals surface area (Å²) in [6, 6.07) is 18.0. The predicted molar refractivity (Wildman–Crippen MR) is 272 cm³/mol. The van der Waals surface area contributed by atoms with Crippen LogP contribution in [0.25, 0.3) is 6.08 Å². The standard InChI is InChI=1S/C19H17Cl2NO4.C14H20ClNO2.C11H11Cl2NO2.C3H8NO5P/c1-2-26-19(25)16(21)10-11-9-12(7-8-15(11)20)22-17(23)13-5-3-4-6-14(13)18(22)24;1-4-12-8-6-7-11(3)14(12)16(10-18-5-2)13(17)9-15;1-7-6-16-9-5-3-2-4-8(9)14(7)11(15)10(12)13;5-3(6)1-4-2-10(7,8)9/h7-10H,2-6H2,1H3;6-8H,4-5,9-10H2,1-3H3;2-5,7,10H,6H2,1H3;4H,1-2H2,(H,5,6)(H2,7,8,9)/b16-10-;;;. The third-order valence-corrected chi connectivity index (χ3v) is 12.1. The van der Waals surface area contributed by atoms with Crippen LogP contribution in [0.4, 0.5) is 17.1 Å². The number of ether oxygens (including phenoxy) is 3. The highest BCUT2D eigenvalue weighted by Gasteiger charge is 2.40. The second-order valence-electron chi connectivity index (χ2n) is 15.3. The summed E-state index contributed by atoms with van der Waals surface area (Å²) in [5.41, 5.74) is 5.89. The number of fused-ring (bicyclic) bond motifs is 1. The van der Waals surface area contributed by atoms with Crippen LogP contribution in [0.2, 0.25) is 5.02 Å². The van der Waals surface area contributed by atoms with Crippen molar-refractivity contribution in [2.75, 3.05) is 60.0 Å². The number of amides is 4. The number of carboxylic acids is 1. The molecule has 0 aromatic heterocycles. The van der Waals surface area contributed by atoms with Crippen molar-refractivity contribution in [2.45, 2.75) is 77.6 Å². The van der Waals surface area contributed by atoms with Gasteiger partial charge < -0.3 is 34.0 Å². The van der Waals surface area contributed by atoms with E-state index in [4.69, 9.17) is 87.1 Å². The largest absolute Gasteiger partial charge is 0.489 e. The molecule has 70 heavy (non-hydrogen) atoms. The van der Waals surface area contributed by atoms with E-state index in [0.717, 1.165) is 41.8 Å². The van der Waals surface area contributed by atoms with Crippen LogP contribution < -0.4 is 24.8 Å². The number of hydrogen-bond donors (Lipinski definition) is 4. The molecule has 382 valence electrons. The van der Waals surface area contributed by atoms with Crippen molar-refractivity contribution in [3.63, 3.8) is 0 Å². The maximum absolute atomic E-state index is 12.7. The van der Waals surface area contributed by atoms with Crippen LogP contribution >= 0.6 is 65.6 Å². The van der Waals surface area contributed by atoms with Gasteiger partial charge in [-0.15, -0.1) is 11.6 Å². The van der Waals surface area contributed by atoms with E-state index in [9.17, 15) is 33.3 Å². The summed E-state index contributed by atoms with van der Waals surface area (Å²) in [5, 5.41) is 10.3. The molecule has 0 fully saturated rings. The molecule has 4 amide bonds. The Morgan fingerprint density at radius 2 is 1.61 bits per heavy atom. The molecule has 17 nitrogen and oxygen atoms in total. The Hall–Kier alpha value is -4.52. The number of carbonyl (C=O) groups excluding carboxylic acids is 5. The highest BCUT2D eigenvalue weighted by Crippen LogP contribution is 2.38. The van der Waals surface area contributed by atoms with Gasteiger partial charge in [0.05, 0.1) is 42.5 Å². The highest BCUT2D eigenvalue weighted by atomic mass is 35.5. The van der Waals surface area contributed by atoms with Gasteiger partial charge in [0.15, 0.2) is 4.84 Å². The minimum atomic E-state index is -4.10. The highest BCUT2D eigenvalue weighted by molar-refractivity contribution is 7.51. The molecule has 3 aromatic carbocycles. The summed E-state index contributed by atoms with van der Waals surface area (Å²) in [6.45, 7) is 10.6. The summed E-state index contributed by atoms with van der Waals surface area (Å²) in [4.78, 5) is 90.3. The lowest BCUT2D eigenvalue weighted by Crippen LogP contribution is -2.47. The second-order valence-corrected chi connectivity index (χ2v) is 19.1. The molecule has 0 saturated carbocycles. The average molecular weight is 1090 g/mol. The number of carboxylic acid groups (broad SMARTS) is 1. The number of para-hydroxylation sites is 3. The van der Waals surface area contributed by atoms with Gasteiger partial charge in [-0.1, -0.05) is 83.7 Å². The van der Waals surface area contributed by atoms with E-state index < -0.39 is 37.2 Å². The molecule has 0 bridgehead atoms. The molecular formula is C47H56Cl5N4O13P. The minimum absolute atomic E-state index is 0.0371. The third-order valence-electron chi connectivity index (χ3n) is 10.3. The fourth-order valence-electron chi connectivity index (χ4n) is 7.11. The van der Waals surface area contributed by atoms with Crippen LogP contribution in [0.3, 0.4) is 0 Å². The Morgan fingerprint density at radius 3 is 2.17 bits per heavy atom. The number of halogens is 5. The molecule has 3 aliphatic rings. The predicted octanol–water partition coefficient (Wildman–Crippen LogP) is 8.75. The molecule has 1 atom stereocenters. The Bertz CT molecular complexity index is 2440. The Labute approximate surface area is 431 Å². The first-order chi connectivity index (χ1) is 33.1. The zero-order valence-electron chi connectivity index (χ0n) is 39.1. The first-order valence-corrected chi connectivity index (χ1v) is 25.8. The van der Waals surface area contributed by atoms with Gasteiger partial charge in [0.1, 0.15) is 30.0 Å². The normalized spacial score (nSPS) is 15.3. The number of nitrogens with one attached hydrogen (secondary N) is 1. The van der Waals surface area contributed by atoms with E-state index in [1.807, 2.05) is 63.2 Å². The summed E-state index contributed by atoms with van der Waals surface area (Å²) in [7, 11) is -4.10. The topological polar surface area (TPSA) is 230 Å². The van der Waals surface area contributed by atoms with Gasteiger partial charge in [-0.25, -0.2) is 9.69 Å². The van der Waals surface area contributed by atoms with Gasteiger partial charge in [-0.05, 0) is 113 Å². The summed E-state index contributed by atoms with van der Waals surface area (Å²) in [6.07, 6.45) is 4.72. The number of nitrogens with zero attached hydrogens (tertiary/aromatic N) is 3. The van der Waals surface area contributed by atoms with Crippen molar-refractivity contribution in [3.8, 4) is 5.75 Å². The molecule has 6 rings (SSSR count). The van der Waals surface area contributed by atoms with Crippen molar-refractivity contribution >= 4 is 124 Å². The van der Waals surface area contributed by atoms with Crippen LogP contribution in [0.1, 0.15) is 70.1 Å². The lowest BCUT2D eigenvalue weighted by atomic mass is 9.93. The number of anilines is 3. The average Bonchev–Trinajstić information content (AvgIpc) is 3.58. The zero-order valence-corrected chi connectivity index (χ0v) is 43.8. The molecule has 4 N–H and O–H groups in total. The number of esters is 1. The van der Waals surface area contributed by atoms with Crippen LogP contribution in [-0.4, -0.2) is 107 Å². The van der Waals surface area contributed by atoms with Crippen LogP contribution in [0.15, 0.2) is 76.8 Å². The number of imide groups is 1. The number of carbonyl (C=O) groups is 6. The fourth-order valence-corrected chi connectivity index (χ4v) is 8.21. The van der Waals surface area contributed by atoms with E-state index in [1.165, 1.54) is 11.0 Å². The van der Waals surface area contributed by atoms with E-state index in [0.29, 0.717) is 59.2 Å². The maximum atomic E-state index is 12.7. The molecule has 2 aliphatic heterocycles. The maximum Gasteiger partial charge on any atom is 0.349 e. The van der Waals surface area contributed by atoms with Crippen molar-refractivity contribution < 1.29 is 62.4 Å². The smallest absolute Gasteiger partial charge is 0.349 e. The fraction of sp³-hybridized carbons (Fsp3) is 0.404. The number of aryl methyl sites for hydroxylation is 2. The lowest BCUT2D eigenvalue weighted by molar-refractivity contribution is -0.138. The van der Waals surface area contributed by atoms with Crippen molar-refractivity contribution in [1.82, 2.24) is 5.32 Å². The van der Waals surface area contributed by atoms with E-state index in [2.05, 4.69) is 12.2 Å². The van der Waals surface area contributed by atoms with Gasteiger partial charge in [-0.3, -0.25) is 38.8 Å². The number of benzene rings is 3. The molecular weight excluding hydrogens is 1040 g/mol. The molecule has 0 saturated heterocycles. The summed E-state index contributed by atoms with van der Waals surface area (Å²) >= 11 is 29.1. The Morgan fingerprint density at radius 1 is 0.971 bits per heavy atom. The molecule has 1 unspecified atom stereocenters. The van der Waals surface area contributed by atoms with Crippen molar-refractivity contribution in [1.29, 1.82) is 0 Å². The van der Waals surface area contributed by atoms with Crippen molar-refractivity contribution in [2.24, 2.45) is 0 Å². The quantitative estimate of drug-likeness (QED) is 0.0279. The van der Waals surface area contributed by atoms with Crippen molar-refractivity contribution in [3.05, 3.63) is 98.6 Å². The number of aliphatic carboxylic acids is 1. The summed E-state index contributed by atoms with van der Waals surface area (Å²) < 4.78 is 25.8. The first kappa shape index (κ1) is 59.8. The lowest BCUT2D eigenvalue weighted by Gasteiger charge is -2.35. The van der Waals surface area contributed by atoms with Gasteiger partial charge in [0, 0.05) is 22.8 Å². The molecule has 0 spiro atoms. The molecule has 1 aliphatic carbocycles. The van der Waals surface area contributed by atoms with E-state index >= 15 is 0 Å². The zero-order chi connectivity index (χ0) is 52.3. The van der Waals surface area contributed by atoms with Crippen LogP contribution in [-0.2, 0) is 49.2 Å². The molecule has 3 aromatic rings. The van der Waals surface area contributed by atoms with E-state index in [-0.39, 0.29) is 53.9 Å². The Kier molecular flexibility index (Phi) is 24.9. The minimum Gasteiger partial charge on any atom is -0.489 e. The van der Waals surface area contributed by atoms with Crippen LogP contribution in [0.5, 0.6) is 5.75 Å². The van der Waals surface area contributed by atoms with Crippen LogP contribution in [0, 0.1) is 6.92 Å². The Balaban J connectivity index is 0.000000261. The SMILES string of the molecule is CC1COc2ccccc2N1C(=O)C(Cl)Cl.CCOC(=O)/C(Cl)=C/c1cc(N2C(=O)C3=C(CCCC3)C2=O)ccc1Cl.CCOCN(C(=O)CCl)c1c(C)cccc1CC.O=C(O)CNCP(=O)(O)O. The number of alkyl halides is 3.